The highest BCUT2D eigenvalue weighted by atomic mass is 16.4. The van der Waals surface area contributed by atoms with Gasteiger partial charge in [0, 0.05) is 0 Å². The van der Waals surface area contributed by atoms with E-state index in [-0.39, 0.29) is 6.42 Å². The van der Waals surface area contributed by atoms with Crippen molar-refractivity contribution < 1.29 is 15.0 Å². The predicted molar refractivity (Wildman–Crippen MR) is 42.2 cm³/mol. The first-order valence-corrected chi connectivity index (χ1v) is 3.47. The second-order valence-corrected chi connectivity index (χ2v) is 2.89. The summed E-state index contributed by atoms with van der Waals surface area (Å²) in [5.74, 6) is -0.993. The molecule has 11 heavy (non-hydrogen) atoms. The van der Waals surface area contributed by atoms with Gasteiger partial charge in [-0.05, 0) is 20.3 Å². The van der Waals surface area contributed by atoms with E-state index in [4.69, 9.17) is 10.2 Å². The normalized spacial score (nSPS) is 18.5. The molecule has 0 bridgehead atoms. The molecule has 0 aromatic rings. The SMILES string of the molecule is C=CCC(C)(C(=O)O)C(C)O. The van der Waals surface area contributed by atoms with Gasteiger partial charge in [0.25, 0.3) is 0 Å². The largest absolute Gasteiger partial charge is 0.481 e. The van der Waals surface area contributed by atoms with Crippen LogP contribution in [0, 0.1) is 5.41 Å². The van der Waals surface area contributed by atoms with Crippen LogP contribution in [0.1, 0.15) is 20.3 Å². The Morgan fingerprint density at radius 3 is 2.36 bits per heavy atom. The molecule has 0 heterocycles. The van der Waals surface area contributed by atoms with Crippen LogP contribution >= 0.6 is 0 Å². The lowest BCUT2D eigenvalue weighted by molar-refractivity contribution is -0.153. The average Bonchev–Trinajstić information content (AvgIpc) is 1.87. The van der Waals surface area contributed by atoms with E-state index in [0.29, 0.717) is 0 Å². The van der Waals surface area contributed by atoms with Gasteiger partial charge >= 0.3 is 5.97 Å². The van der Waals surface area contributed by atoms with Gasteiger partial charge in [0.05, 0.1) is 11.5 Å². The van der Waals surface area contributed by atoms with E-state index in [1.165, 1.54) is 19.9 Å². The third-order valence-corrected chi connectivity index (χ3v) is 1.98. The van der Waals surface area contributed by atoms with Crippen LogP contribution in [0.25, 0.3) is 0 Å². The second kappa shape index (κ2) is 3.53. The summed E-state index contributed by atoms with van der Waals surface area (Å²) < 4.78 is 0. The van der Waals surface area contributed by atoms with Crippen LogP contribution in [0.4, 0.5) is 0 Å². The van der Waals surface area contributed by atoms with Crippen molar-refractivity contribution >= 4 is 5.97 Å². The van der Waals surface area contributed by atoms with Gasteiger partial charge in [0.15, 0.2) is 0 Å². The average molecular weight is 158 g/mol. The van der Waals surface area contributed by atoms with Crippen LogP contribution in [-0.4, -0.2) is 22.3 Å². The van der Waals surface area contributed by atoms with Crippen molar-refractivity contribution in [3.8, 4) is 0 Å². The molecule has 0 aliphatic carbocycles. The van der Waals surface area contributed by atoms with E-state index in [1.54, 1.807) is 0 Å². The molecule has 0 aliphatic rings. The molecule has 2 atom stereocenters. The molecule has 0 amide bonds. The predicted octanol–water partition coefficient (Wildman–Crippen LogP) is 1.03. The van der Waals surface area contributed by atoms with Crippen LogP contribution in [-0.2, 0) is 4.79 Å². The third kappa shape index (κ3) is 2.05. The lowest BCUT2D eigenvalue weighted by atomic mass is 9.82. The Labute approximate surface area is 66.4 Å². The summed E-state index contributed by atoms with van der Waals surface area (Å²) in [6, 6.07) is 0. The van der Waals surface area contributed by atoms with Crippen molar-refractivity contribution in [2.45, 2.75) is 26.4 Å². The van der Waals surface area contributed by atoms with E-state index in [9.17, 15) is 4.79 Å². The van der Waals surface area contributed by atoms with Gasteiger partial charge in [-0.1, -0.05) is 6.08 Å². The molecule has 2 N–H and O–H groups in total. The maximum absolute atomic E-state index is 10.6. The number of carboxylic acids is 1. The fourth-order valence-electron chi connectivity index (χ4n) is 0.736. The Morgan fingerprint density at radius 1 is 1.82 bits per heavy atom. The number of aliphatic hydroxyl groups is 1. The minimum Gasteiger partial charge on any atom is -0.481 e. The van der Waals surface area contributed by atoms with Crippen molar-refractivity contribution in [1.82, 2.24) is 0 Å². The molecule has 0 fully saturated rings. The Balaban J connectivity index is 4.51. The Hall–Kier alpha value is -0.830. The molecular formula is C8H14O3. The van der Waals surface area contributed by atoms with Crippen molar-refractivity contribution in [3.05, 3.63) is 12.7 Å². The molecule has 0 aromatic carbocycles. The summed E-state index contributed by atoms with van der Waals surface area (Å²) in [7, 11) is 0. The quantitative estimate of drug-likeness (QED) is 0.601. The van der Waals surface area contributed by atoms with Crippen molar-refractivity contribution in [3.63, 3.8) is 0 Å². The van der Waals surface area contributed by atoms with Crippen LogP contribution in [0.5, 0.6) is 0 Å². The molecule has 3 heteroatoms. The van der Waals surface area contributed by atoms with Gasteiger partial charge in [-0.3, -0.25) is 4.79 Å². The van der Waals surface area contributed by atoms with E-state index in [1.807, 2.05) is 0 Å². The van der Waals surface area contributed by atoms with Gasteiger partial charge in [-0.25, -0.2) is 0 Å². The van der Waals surface area contributed by atoms with Gasteiger partial charge in [-0.15, -0.1) is 6.58 Å². The Morgan fingerprint density at radius 2 is 2.27 bits per heavy atom. The summed E-state index contributed by atoms with van der Waals surface area (Å²) in [5.41, 5.74) is -1.10. The highest BCUT2D eigenvalue weighted by Gasteiger charge is 2.36. The molecule has 0 spiro atoms. The Kier molecular flexibility index (Phi) is 3.26. The number of carbonyl (C=O) groups is 1. The van der Waals surface area contributed by atoms with E-state index in [2.05, 4.69) is 6.58 Å². The topological polar surface area (TPSA) is 57.5 Å². The zero-order valence-electron chi connectivity index (χ0n) is 6.87. The number of hydrogen-bond acceptors (Lipinski definition) is 2. The third-order valence-electron chi connectivity index (χ3n) is 1.98. The van der Waals surface area contributed by atoms with Crippen LogP contribution in [0.15, 0.2) is 12.7 Å². The van der Waals surface area contributed by atoms with Gasteiger partial charge in [0.2, 0.25) is 0 Å². The fourth-order valence-corrected chi connectivity index (χ4v) is 0.736. The zero-order chi connectivity index (χ0) is 9.07. The molecule has 0 saturated heterocycles. The molecule has 0 aromatic heterocycles. The molecular weight excluding hydrogens is 144 g/mol. The van der Waals surface area contributed by atoms with Crippen molar-refractivity contribution in [2.75, 3.05) is 0 Å². The molecule has 0 saturated carbocycles. The number of aliphatic carboxylic acids is 1. The lowest BCUT2D eigenvalue weighted by Crippen LogP contribution is -2.37. The number of hydrogen-bond donors (Lipinski definition) is 2. The lowest BCUT2D eigenvalue weighted by Gasteiger charge is -2.26. The first-order chi connectivity index (χ1) is 4.95. The van der Waals surface area contributed by atoms with Gasteiger partial charge in [0.1, 0.15) is 0 Å². The van der Waals surface area contributed by atoms with Crippen molar-refractivity contribution in [1.29, 1.82) is 0 Å². The number of allylic oxidation sites excluding steroid dienone is 1. The summed E-state index contributed by atoms with van der Waals surface area (Å²) in [5, 5.41) is 17.9. The molecule has 0 radical (unpaired) electrons. The van der Waals surface area contributed by atoms with E-state index >= 15 is 0 Å². The highest BCUT2D eigenvalue weighted by Crippen LogP contribution is 2.26. The summed E-state index contributed by atoms with van der Waals surface area (Å²) >= 11 is 0. The standard InChI is InChI=1S/C8H14O3/c1-4-5-8(3,6(2)9)7(10)11/h4,6,9H,1,5H2,2-3H3,(H,10,11). The van der Waals surface area contributed by atoms with E-state index < -0.39 is 17.5 Å². The highest BCUT2D eigenvalue weighted by molar-refractivity contribution is 5.75. The van der Waals surface area contributed by atoms with E-state index in [0.717, 1.165) is 0 Å². The number of aliphatic hydroxyl groups excluding tert-OH is 1. The molecule has 0 rings (SSSR count). The maximum atomic E-state index is 10.6. The number of rotatable bonds is 4. The maximum Gasteiger partial charge on any atom is 0.312 e. The molecule has 64 valence electrons. The van der Waals surface area contributed by atoms with Crippen molar-refractivity contribution in [2.24, 2.45) is 5.41 Å². The smallest absolute Gasteiger partial charge is 0.312 e. The molecule has 3 nitrogen and oxygen atoms in total. The van der Waals surface area contributed by atoms with Crippen LogP contribution in [0.3, 0.4) is 0 Å². The number of carboxylic acid groups (broad SMARTS) is 1. The molecule has 0 aliphatic heterocycles. The van der Waals surface area contributed by atoms with Crippen LogP contribution < -0.4 is 0 Å². The van der Waals surface area contributed by atoms with Gasteiger partial charge < -0.3 is 10.2 Å². The minimum atomic E-state index is -1.10. The zero-order valence-corrected chi connectivity index (χ0v) is 6.87. The summed E-state index contributed by atoms with van der Waals surface area (Å²) in [6.07, 6.45) is 0.916. The monoisotopic (exact) mass is 158 g/mol. The van der Waals surface area contributed by atoms with Crippen LogP contribution in [0.2, 0.25) is 0 Å². The first kappa shape index (κ1) is 10.2. The summed E-state index contributed by atoms with van der Waals surface area (Å²) in [4.78, 5) is 10.6. The minimum absolute atomic E-state index is 0.278. The fraction of sp³-hybridized carbons (Fsp3) is 0.625. The summed E-state index contributed by atoms with van der Waals surface area (Å²) in [6.45, 7) is 6.41. The second-order valence-electron chi connectivity index (χ2n) is 2.89. The molecule has 2 unspecified atom stereocenters. The first-order valence-electron chi connectivity index (χ1n) is 3.47. The van der Waals surface area contributed by atoms with Gasteiger partial charge in [-0.2, -0.15) is 0 Å². The Bertz CT molecular complexity index is 163.